The van der Waals surface area contributed by atoms with Gasteiger partial charge in [0.05, 0.1) is 9.79 Å². The Labute approximate surface area is 191 Å². The third-order valence-corrected chi connectivity index (χ3v) is 8.02. The summed E-state index contributed by atoms with van der Waals surface area (Å²) >= 11 is 0. The minimum absolute atomic E-state index is 0.148. The fourth-order valence-corrected chi connectivity index (χ4v) is 4.85. The van der Waals surface area contributed by atoms with E-state index >= 15 is 0 Å². The Morgan fingerprint density at radius 3 is 1.94 bits per heavy atom. The van der Waals surface area contributed by atoms with E-state index in [2.05, 4.69) is 10.0 Å². The van der Waals surface area contributed by atoms with Crippen molar-refractivity contribution in [2.75, 3.05) is 20.6 Å². The number of carbonyl (C=O) groups excluding carboxylic acids is 1. The maximum Gasteiger partial charge on any atom is 0.242 e. The Bertz CT molecular complexity index is 1110. The molecule has 0 unspecified atom stereocenters. The molecule has 2 N–H and O–H groups in total. The molecule has 0 saturated carbocycles. The summed E-state index contributed by atoms with van der Waals surface area (Å²) in [7, 11) is -4.07. The van der Waals surface area contributed by atoms with E-state index in [1.165, 1.54) is 26.2 Å². The summed E-state index contributed by atoms with van der Waals surface area (Å²) in [5.41, 5.74) is 1.65. The summed E-state index contributed by atoms with van der Waals surface area (Å²) in [6.45, 7) is 4.53. The second-order valence-electron chi connectivity index (χ2n) is 8.10. The molecular formula is C22H31N3O5S2. The highest BCUT2D eigenvalue weighted by atomic mass is 32.2. The number of rotatable bonds is 11. The molecular weight excluding hydrogens is 450 g/mol. The van der Waals surface area contributed by atoms with Crippen molar-refractivity contribution in [3.8, 4) is 0 Å². The normalized spacial score (nSPS) is 12.3. The molecule has 0 atom stereocenters. The number of carbonyl (C=O) groups is 1. The number of nitrogens with one attached hydrogen (secondary N) is 2. The Morgan fingerprint density at radius 1 is 0.875 bits per heavy atom. The Hall–Kier alpha value is -2.27. The molecule has 0 bridgehead atoms. The lowest BCUT2D eigenvalue weighted by Crippen LogP contribution is -2.27. The van der Waals surface area contributed by atoms with Crippen molar-refractivity contribution in [1.82, 2.24) is 14.3 Å². The van der Waals surface area contributed by atoms with E-state index < -0.39 is 20.0 Å². The van der Waals surface area contributed by atoms with E-state index in [1.54, 1.807) is 36.4 Å². The van der Waals surface area contributed by atoms with Crippen LogP contribution >= 0.6 is 0 Å². The molecule has 176 valence electrons. The molecule has 0 spiro atoms. The van der Waals surface area contributed by atoms with Gasteiger partial charge in [0, 0.05) is 33.6 Å². The molecule has 0 aliphatic carbocycles. The Morgan fingerprint density at radius 2 is 1.41 bits per heavy atom. The lowest BCUT2D eigenvalue weighted by molar-refractivity contribution is -0.121. The first-order valence-electron chi connectivity index (χ1n) is 10.3. The van der Waals surface area contributed by atoms with Gasteiger partial charge in [-0.2, -0.15) is 0 Å². The molecule has 8 nitrogen and oxygen atoms in total. The molecule has 0 aliphatic rings. The van der Waals surface area contributed by atoms with Crippen molar-refractivity contribution in [3.05, 3.63) is 59.7 Å². The molecule has 0 fully saturated rings. The maximum absolute atomic E-state index is 12.2. The Kier molecular flexibility index (Phi) is 8.97. The van der Waals surface area contributed by atoms with Crippen molar-refractivity contribution in [2.45, 2.75) is 43.0 Å². The van der Waals surface area contributed by atoms with Crippen LogP contribution < -0.4 is 10.0 Å². The van der Waals surface area contributed by atoms with Gasteiger partial charge in [0.2, 0.25) is 26.0 Å². The minimum atomic E-state index is -3.53. The molecule has 2 rings (SSSR count). The third-order valence-electron chi connectivity index (χ3n) is 4.75. The van der Waals surface area contributed by atoms with Crippen LogP contribution in [-0.2, 0) is 37.8 Å². The van der Waals surface area contributed by atoms with Gasteiger partial charge in [-0.15, -0.1) is 0 Å². The summed E-state index contributed by atoms with van der Waals surface area (Å²) in [5, 5.41) is 2.81. The maximum atomic E-state index is 12.2. The van der Waals surface area contributed by atoms with Crippen LogP contribution in [0.3, 0.4) is 0 Å². The zero-order valence-electron chi connectivity index (χ0n) is 18.8. The predicted octanol–water partition coefficient (Wildman–Crippen LogP) is 2.12. The van der Waals surface area contributed by atoms with Gasteiger partial charge < -0.3 is 5.32 Å². The van der Waals surface area contributed by atoms with Crippen LogP contribution in [0.4, 0.5) is 0 Å². The number of hydrogen-bond acceptors (Lipinski definition) is 5. The van der Waals surface area contributed by atoms with E-state index in [0.717, 1.165) is 15.4 Å². The second-order valence-corrected chi connectivity index (χ2v) is 12.0. The topological polar surface area (TPSA) is 113 Å². The fraction of sp³-hybridized carbons (Fsp3) is 0.409. The quantitative estimate of drug-likeness (QED) is 0.511. The fourth-order valence-electron chi connectivity index (χ4n) is 2.73. The first-order chi connectivity index (χ1) is 14.9. The number of benzene rings is 2. The predicted molar refractivity (Wildman–Crippen MR) is 124 cm³/mol. The summed E-state index contributed by atoms with van der Waals surface area (Å²) in [6, 6.07) is 12.9. The van der Waals surface area contributed by atoms with Gasteiger partial charge in [0.15, 0.2) is 0 Å². The highest BCUT2D eigenvalue weighted by molar-refractivity contribution is 7.89. The van der Waals surface area contributed by atoms with Gasteiger partial charge in [-0.1, -0.05) is 38.1 Å². The van der Waals surface area contributed by atoms with Crippen molar-refractivity contribution in [3.63, 3.8) is 0 Å². The standard InChI is InChI=1S/C22H31N3O5S2/c1-17(2)15-24-31(27,28)20-10-5-18(6-11-20)9-14-22(26)23-16-19-7-12-21(13-8-19)32(29,30)25(3)4/h5-8,10-13,17,24H,9,14-16H2,1-4H3,(H,23,26). The first kappa shape index (κ1) is 26.0. The first-order valence-corrected chi connectivity index (χ1v) is 13.2. The molecule has 10 heteroatoms. The number of aryl methyl sites for hydroxylation is 1. The highest BCUT2D eigenvalue weighted by Gasteiger charge is 2.17. The van der Waals surface area contributed by atoms with Gasteiger partial charge in [-0.3, -0.25) is 4.79 Å². The van der Waals surface area contributed by atoms with Crippen LogP contribution in [-0.4, -0.2) is 47.7 Å². The summed E-state index contributed by atoms with van der Waals surface area (Å²) in [5.74, 6) is 0.0665. The molecule has 0 aromatic heterocycles. The van der Waals surface area contributed by atoms with Crippen LogP contribution in [0.25, 0.3) is 0 Å². The molecule has 1 amide bonds. The molecule has 0 saturated heterocycles. The second kappa shape index (κ2) is 11.0. The largest absolute Gasteiger partial charge is 0.352 e. The SMILES string of the molecule is CC(C)CNS(=O)(=O)c1ccc(CCC(=O)NCc2ccc(S(=O)(=O)N(C)C)cc2)cc1. The monoisotopic (exact) mass is 481 g/mol. The zero-order chi connectivity index (χ0) is 23.9. The van der Waals surface area contributed by atoms with Gasteiger partial charge in [-0.05, 0) is 47.7 Å². The van der Waals surface area contributed by atoms with Crippen molar-refractivity contribution in [1.29, 1.82) is 0 Å². The summed E-state index contributed by atoms with van der Waals surface area (Å²) < 4.78 is 52.3. The van der Waals surface area contributed by atoms with Gasteiger partial charge in [0.25, 0.3) is 0 Å². The van der Waals surface area contributed by atoms with Crippen molar-refractivity contribution >= 4 is 26.0 Å². The van der Waals surface area contributed by atoms with Gasteiger partial charge in [0.1, 0.15) is 0 Å². The number of sulfonamides is 2. The average molecular weight is 482 g/mol. The van der Waals surface area contributed by atoms with Crippen LogP contribution in [0, 0.1) is 5.92 Å². The molecule has 32 heavy (non-hydrogen) atoms. The van der Waals surface area contributed by atoms with E-state index in [1.807, 2.05) is 13.8 Å². The molecule has 0 heterocycles. The van der Waals surface area contributed by atoms with E-state index in [-0.39, 0.29) is 28.0 Å². The average Bonchev–Trinajstić information content (AvgIpc) is 2.75. The highest BCUT2D eigenvalue weighted by Crippen LogP contribution is 2.14. The van der Waals surface area contributed by atoms with E-state index in [9.17, 15) is 21.6 Å². The lowest BCUT2D eigenvalue weighted by Gasteiger charge is -2.12. The Balaban J connectivity index is 1.84. The van der Waals surface area contributed by atoms with E-state index in [4.69, 9.17) is 0 Å². The molecule has 0 radical (unpaired) electrons. The third kappa shape index (κ3) is 7.40. The van der Waals surface area contributed by atoms with Crippen LogP contribution in [0.5, 0.6) is 0 Å². The van der Waals surface area contributed by atoms with Gasteiger partial charge in [-0.25, -0.2) is 25.9 Å². The van der Waals surface area contributed by atoms with Gasteiger partial charge >= 0.3 is 0 Å². The molecule has 0 aliphatic heterocycles. The van der Waals surface area contributed by atoms with Crippen molar-refractivity contribution < 1.29 is 21.6 Å². The molecule has 2 aromatic carbocycles. The molecule has 2 aromatic rings. The van der Waals surface area contributed by atoms with Crippen molar-refractivity contribution in [2.24, 2.45) is 5.92 Å². The summed E-state index contributed by atoms with van der Waals surface area (Å²) in [6.07, 6.45) is 0.733. The minimum Gasteiger partial charge on any atom is -0.352 e. The van der Waals surface area contributed by atoms with E-state index in [0.29, 0.717) is 19.5 Å². The van der Waals surface area contributed by atoms with Crippen LogP contribution in [0.2, 0.25) is 0 Å². The number of amides is 1. The van der Waals surface area contributed by atoms with Crippen LogP contribution in [0.1, 0.15) is 31.4 Å². The van der Waals surface area contributed by atoms with Crippen LogP contribution in [0.15, 0.2) is 58.3 Å². The number of nitrogens with zero attached hydrogens (tertiary/aromatic N) is 1. The lowest BCUT2D eigenvalue weighted by atomic mass is 10.1. The number of hydrogen-bond donors (Lipinski definition) is 2. The summed E-state index contributed by atoms with van der Waals surface area (Å²) in [4.78, 5) is 12.6. The smallest absolute Gasteiger partial charge is 0.242 e. The zero-order valence-corrected chi connectivity index (χ0v) is 20.5.